The van der Waals surface area contributed by atoms with Gasteiger partial charge < -0.3 is 19.7 Å². The Morgan fingerprint density at radius 1 is 1.32 bits per heavy atom. The van der Waals surface area contributed by atoms with Crippen LogP contribution >= 0.6 is 34.8 Å². The van der Waals surface area contributed by atoms with E-state index >= 15 is 0 Å². The van der Waals surface area contributed by atoms with Crippen LogP contribution in [-0.4, -0.2) is 53.7 Å². The smallest absolute Gasteiger partial charge is 0.410 e. The van der Waals surface area contributed by atoms with Gasteiger partial charge in [0.25, 0.3) is 0 Å². The first-order valence-corrected chi connectivity index (χ1v) is 12.3. The van der Waals surface area contributed by atoms with Gasteiger partial charge in [-0.05, 0) is 79.2 Å². The van der Waals surface area contributed by atoms with Crippen molar-refractivity contribution in [2.75, 3.05) is 26.8 Å². The van der Waals surface area contributed by atoms with Crippen molar-refractivity contribution in [2.24, 2.45) is 17.3 Å². The van der Waals surface area contributed by atoms with Crippen molar-refractivity contribution in [3.05, 3.63) is 29.3 Å². The molecule has 1 N–H and O–H groups in total. The van der Waals surface area contributed by atoms with Gasteiger partial charge in [-0.15, -0.1) is 0 Å². The molecule has 2 aliphatic heterocycles. The average Bonchev–Trinajstić information content (AvgIpc) is 3.17. The quantitative estimate of drug-likeness (QED) is 0.629. The number of hydrogen-bond acceptors (Lipinski definition) is 4. The molecule has 168 valence electrons. The van der Waals surface area contributed by atoms with Gasteiger partial charge in [-0.1, -0.05) is 40.9 Å². The fourth-order valence-corrected chi connectivity index (χ4v) is 8.61. The fourth-order valence-electron chi connectivity index (χ4n) is 8.44. The van der Waals surface area contributed by atoms with E-state index in [1.165, 1.54) is 11.1 Å². The monoisotopic (exact) mass is 484 g/mol. The van der Waals surface area contributed by atoms with Crippen molar-refractivity contribution < 1.29 is 14.3 Å². The lowest BCUT2D eigenvalue weighted by Crippen LogP contribution is -2.69. The van der Waals surface area contributed by atoms with E-state index in [2.05, 4.69) is 23.5 Å². The molecule has 0 radical (unpaired) electrons. The van der Waals surface area contributed by atoms with Crippen LogP contribution in [0.15, 0.2) is 18.2 Å². The molecule has 4 fully saturated rings. The number of hydrogen-bond donors (Lipinski definition) is 1. The third-order valence-electron chi connectivity index (χ3n) is 9.12. The number of halogens is 3. The van der Waals surface area contributed by atoms with Crippen LogP contribution in [-0.2, 0) is 16.6 Å². The van der Waals surface area contributed by atoms with Gasteiger partial charge in [0.05, 0.1) is 7.11 Å². The van der Waals surface area contributed by atoms with Crippen LogP contribution in [0.5, 0.6) is 5.75 Å². The Hall–Kier alpha value is -0.880. The molecule has 31 heavy (non-hydrogen) atoms. The first-order valence-electron chi connectivity index (χ1n) is 11.2. The molecule has 5 aliphatic rings. The Morgan fingerprint density at radius 3 is 2.94 bits per heavy atom. The summed E-state index contributed by atoms with van der Waals surface area (Å²) in [6, 6.07) is 7.33. The van der Waals surface area contributed by atoms with Crippen molar-refractivity contribution in [1.29, 1.82) is 0 Å². The van der Waals surface area contributed by atoms with E-state index in [1.807, 2.05) is 4.90 Å². The maximum atomic E-state index is 13.0. The number of fused-ring (bicyclic) bond motifs is 1. The lowest BCUT2D eigenvalue weighted by molar-refractivity contribution is -0.0469. The molecule has 5 nitrogen and oxygen atoms in total. The Labute approximate surface area is 197 Å². The number of carbonyl (C=O) groups is 1. The number of benzene rings is 1. The van der Waals surface area contributed by atoms with Crippen molar-refractivity contribution in [3.8, 4) is 5.75 Å². The predicted molar refractivity (Wildman–Crippen MR) is 120 cm³/mol. The van der Waals surface area contributed by atoms with E-state index in [0.717, 1.165) is 50.9 Å². The summed E-state index contributed by atoms with van der Waals surface area (Å²) in [4.78, 5) is 14.9. The molecule has 2 saturated heterocycles. The number of amides is 1. The van der Waals surface area contributed by atoms with Crippen LogP contribution in [0.1, 0.15) is 36.8 Å². The van der Waals surface area contributed by atoms with Crippen LogP contribution in [0.4, 0.5) is 4.79 Å². The lowest BCUT2D eigenvalue weighted by atomic mass is 9.44. The molecule has 1 amide bonds. The molecular weight excluding hydrogens is 459 g/mol. The number of piperidine rings is 1. The highest BCUT2D eigenvalue weighted by atomic mass is 35.6. The minimum absolute atomic E-state index is 0.0862. The first-order chi connectivity index (χ1) is 14.8. The summed E-state index contributed by atoms with van der Waals surface area (Å²) >= 11 is 17.5. The maximum Gasteiger partial charge on any atom is 0.410 e. The predicted octanol–water partition coefficient (Wildman–Crippen LogP) is 4.46. The molecule has 0 aromatic heterocycles. The SMILES string of the molecule is COc1ccc2c(c1)[C@]13CCN[C@H](C2)[C@]12CC[C@@H]1[C@H]3[C@@H](CN1C(=O)OCC(Cl)(Cl)Cl)C2. The average molecular weight is 486 g/mol. The number of methoxy groups -OCH3 is 1. The molecule has 0 unspecified atom stereocenters. The molecule has 1 aromatic carbocycles. The van der Waals surface area contributed by atoms with Crippen molar-refractivity contribution in [2.45, 2.75) is 53.4 Å². The highest BCUT2D eigenvalue weighted by molar-refractivity contribution is 6.67. The standard InChI is InChI=1S/C23H27Cl3N2O3/c1-30-15-3-2-13-8-18-21-5-4-17-19(22(21,6-7-27-18)16(13)9-15)14(10-21)11-28(17)20(29)31-12-23(24,25)26/h2-3,9,14,17-19,27H,4-8,10-12H2,1H3/t14-,17-,18-,19-,21-,22+/m1/s1. The molecule has 4 bridgehead atoms. The molecule has 3 aliphatic carbocycles. The number of rotatable bonds is 2. The molecule has 1 aromatic rings. The molecule has 2 saturated carbocycles. The highest BCUT2D eigenvalue weighted by Crippen LogP contribution is 2.74. The van der Waals surface area contributed by atoms with E-state index in [9.17, 15) is 4.79 Å². The van der Waals surface area contributed by atoms with E-state index < -0.39 is 3.79 Å². The van der Waals surface area contributed by atoms with Gasteiger partial charge in [0.2, 0.25) is 3.79 Å². The minimum Gasteiger partial charge on any atom is -0.497 e. The zero-order valence-corrected chi connectivity index (χ0v) is 19.8. The first kappa shape index (κ1) is 20.7. The van der Waals surface area contributed by atoms with E-state index in [0.29, 0.717) is 17.9 Å². The molecule has 8 heteroatoms. The summed E-state index contributed by atoms with van der Waals surface area (Å²) in [5.41, 5.74) is 3.26. The van der Waals surface area contributed by atoms with Crippen LogP contribution in [0.25, 0.3) is 0 Å². The van der Waals surface area contributed by atoms with E-state index in [-0.39, 0.29) is 29.6 Å². The second-order valence-corrected chi connectivity index (χ2v) is 12.5. The molecule has 0 spiro atoms. The maximum absolute atomic E-state index is 13.0. The fraction of sp³-hybridized carbons (Fsp3) is 0.696. The summed E-state index contributed by atoms with van der Waals surface area (Å²) in [5.74, 6) is 1.85. The zero-order valence-electron chi connectivity index (χ0n) is 17.5. The summed E-state index contributed by atoms with van der Waals surface area (Å²) < 4.78 is 9.45. The zero-order chi connectivity index (χ0) is 21.6. The minimum atomic E-state index is -1.59. The third kappa shape index (κ3) is 2.70. The van der Waals surface area contributed by atoms with Crippen molar-refractivity contribution in [1.82, 2.24) is 10.2 Å². The summed E-state index contributed by atoms with van der Waals surface area (Å²) in [6.07, 6.45) is 5.16. The van der Waals surface area contributed by atoms with Crippen molar-refractivity contribution >= 4 is 40.9 Å². The topological polar surface area (TPSA) is 50.8 Å². The van der Waals surface area contributed by atoms with E-state index in [4.69, 9.17) is 44.3 Å². The largest absolute Gasteiger partial charge is 0.497 e. The van der Waals surface area contributed by atoms with Gasteiger partial charge in [0, 0.05) is 24.0 Å². The van der Waals surface area contributed by atoms with Gasteiger partial charge in [-0.3, -0.25) is 0 Å². The lowest BCUT2D eigenvalue weighted by Gasteiger charge is -2.64. The Bertz CT molecular complexity index is 937. The number of nitrogens with zero attached hydrogens (tertiary/aromatic N) is 1. The summed E-state index contributed by atoms with van der Waals surface area (Å²) in [7, 11) is 1.74. The van der Waals surface area contributed by atoms with Gasteiger partial charge in [0.1, 0.15) is 12.4 Å². The van der Waals surface area contributed by atoms with Gasteiger partial charge >= 0.3 is 6.09 Å². The summed E-state index contributed by atoms with van der Waals surface area (Å²) in [5, 5.41) is 3.88. The van der Waals surface area contributed by atoms with Gasteiger partial charge in [-0.2, -0.15) is 0 Å². The second kappa shape index (κ2) is 6.82. The number of alkyl halides is 3. The number of likely N-dealkylation sites (tertiary alicyclic amines) is 1. The molecule has 2 heterocycles. The Morgan fingerprint density at radius 2 is 2.16 bits per heavy atom. The summed E-state index contributed by atoms with van der Waals surface area (Å²) in [6.45, 7) is 1.54. The van der Waals surface area contributed by atoms with Gasteiger partial charge in [0.15, 0.2) is 0 Å². The van der Waals surface area contributed by atoms with E-state index in [1.54, 1.807) is 7.11 Å². The highest BCUT2D eigenvalue weighted by Gasteiger charge is 2.75. The molecule has 6 atom stereocenters. The second-order valence-electron chi connectivity index (χ2n) is 10.0. The molecule has 6 rings (SSSR count). The number of nitrogens with one attached hydrogen (secondary N) is 1. The van der Waals surface area contributed by atoms with Crippen LogP contribution in [0, 0.1) is 17.3 Å². The van der Waals surface area contributed by atoms with Crippen LogP contribution in [0.3, 0.4) is 0 Å². The van der Waals surface area contributed by atoms with Crippen molar-refractivity contribution in [3.63, 3.8) is 0 Å². The van der Waals surface area contributed by atoms with Gasteiger partial charge in [-0.25, -0.2) is 4.79 Å². The molecular formula is C23H27Cl3N2O3. The van der Waals surface area contributed by atoms with Crippen LogP contribution < -0.4 is 10.1 Å². The number of ether oxygens (including phenoxy) is 2. The number of carbonyl (C=O) groups excluding carboxylic acids is 1. The van der Waals surface area contributed by atoms with Crippen LogP contribution in [0.2, 0.25) is 0 Å². The normalized spacial score (nSPS) is 39.7. The third-order valence-corrected chi connectivity index (χ3v) is 9.44. The Balaban J connectivity index is 1.41. The Kier molecular flexibility index (Phi) is 4.55.